The molecule has 0 aliphatic heterocycles. The van der Waals surface area contributed by atoms with E-state index in [0.29, 0.717) is 11.4 Å². The molecule has 0 saturated carbocycles. The highest BCUT2D eigenvalue weighted by atomic mass is 16.1. The standard InChI is InChI=1S/C15H21N3O/c1-2-3-4-5-8-17-15(19)14-10-11-9-12(16)6-7-13(11)18-14/h6-7,9-10,18H,2-5,8,16H2,1H3,(H,17,19). The second-order valence-electron chi connectivity index (χ2n) is 4.85. The van der Waals surface area contributed by atoms with Crippen LogP contribution < -0.4 is 11.1 Å². The summed E-state index contributed by atoms with van der Waals surface area (Å²) >= 11 is 0. The van der Waals surface area contributed by atoms with Gasteiger partial charge in [-0.05, 0) is 30.7 Å². The van der Waals surface area contributed by atoms with Gasteiger partial charge in [0.05, 0.1) is 0 Å². The topological polar surface area (TPSA) is 70.9 Å². The van der Waals surface area contributed by atoms with Crippen LogP contribution in [-0.4, -0.2) is 17.4 Å². The smallest absolute Gasteiger partial charge is 0.267 e. The molecule has 1 amide bonds. The number of fused-ring (bicyclic) bond motifs is 1. The Kier molecular flexibility index (Phi) is 4.44. The first-order valence-corrected chi connectivity index (χ1v) is 6.87. The van der Waals surface area contributed by atoms with Crippen LogP contribution >= 0.6 is 0 Å². The van der Waals surface area contributed by atoms with Crippen molar-refractivity contribution in [3.05, 3.63) is 30.0 Å². The molecule has 0 spiro atoms. The molecule has 1 aromatic carbocycles. The van der Waals surface area contributed by atoms with Gasteiger partial charge in [-0.25, -0.2) is 0 Å². The molecule has 4 N–H and O–H groups in total. The summed E-state index contributed by atoms with van der Waals surface area (Å²) in [7, 11) is 0. The number of benzene rings is 1. The normalized spacial score (nSPS) is 10.8. The van der Waals surface area contributed by atoms with Gasteiger partial charge < -0.3 is 16.0 Å². The summed E-state index contributed by atoms with van der Waals surface area (Å²) in [5, 5.41) is 3.90. The number of carbonyl (C=O) groups excluding carboxylic acids is 1. The Labute approximate surface area is 113 Å². The number of amides is 1. The van der Waals surface area contributed by atoms with Gasteiger partial charge in [0, 0.05) is 23.1 Å². The zero-order valence-corrected chi connectivity index (χ0v) is 11.3. The number of rotatable bonds is 6. The highest BCUT2D eigenvalue weighted by Crippen LogP contribution is 2.18. The average Bonchev–Trinajstić information content (AvgIpc) is 2.81. The number of hydrogen-bond donors (Lipinski definition) is 3. The quantitative estimate of drug-likeness (QED) is 0.551. The summed E-state index contributed by atoms with van der Waals surface area (Å²) in [6.07, 6.45) is 4.63. The van der Waals surface area contributed by atoms with E-state index in [2.05, 4.69) is 17.2 Å². The van der Waals surface area contributed by atoms with E-state index in [9.17, 15) is 4.79 Å². The van der Waals surface area contributed by atoms with E-state index < -0.39 is 0 Å². The van der Waals surface area contributed by atoms with E-state index in [1.54, 1.807) is 0 Å². The van der Waals surface area contributed by atoms with Crippen molar-refractivity contribution in [1.82, 2.24) is 10.3 Å². The molecule has 1 heterocycles. The van der Waals surface area contributed by atoms with Crippen molar-refractivity contribution in [1.29, 1.82) is 0 Å². The largest absolute Gasteiger partial charge is 0.399 e. The molecule has 0 aliphatic rings. The first-order valence-electron chi connectivity index (χ1n) is 6.87. The van der Waals surface area contributed by atoms with Crippen LogP contribution in [0.25, 0.3) is 10.9 Å². The molecule has 0 bridgehead atoms. The minimum Gasteiger partial charge on any atom is -0.399 e. The number of aromatic nitrogens is 1. The molecular weight excluding hydrogens is 238 g/mol. The van der Waals surface area contributed by atoms with Crippen LogP contribution in [-0.2, 0) is 0 Å². The monoisotopic (exact) mass is 259 g/mol. The lowest BCUT2D eigenvalue weighted by Gasteiger charge is -2.02. The number of hydrogen-bond acceptors (Lipinski definition) is 2. The van der Waals surface area contributed by atoms with Gasteiger partial charge in [-0.3, -0.25) is 4.79 Å². The molecule has 102 valence electrons. The van der Waals surface area contributed by atoms with Crippen LogP contribution in [0.1, 0.15) is 43.1 Å². The Morgan fingerprint density at radius 1 is 1.26 bits per heavy atom. The fourth-order valence-electron chi connectivity index (χ4n) is 2.12. The third-order valence-electron chi connectivity index (χ3n) is 3.21. The zero-order valence-electron chi connectivity index (χ0n) is 11.3. The van der Waals surface area contributed by atoms with Crippen molar-refractivity contribution in [3.63, 3.8) is 0 Å². The molecule has 2 rings (SSSR count). The Balaban J connectivity index is 1.94. The Bertz CT molecular complexity index is 560. The lowest BCUT2D eigenvalue weighted by molar-refractivity contribution is 0.0949. The first kappa shape index (κ1) is 13.5. The van der Waals surface area contributed by atoms with Gasteiger partial charge in [0.15, 0.2) is 0 Å². The van der Waals surface area contributed by atoms with Crippen molar-refractivity contribution < 1.29 is 4.79 Å². The number of aromatic amines is 1. The molecule has 2 aromatic rings. The Morgan fingerprint density at radius 3 is 2.89 bits per heavy atom. The Hall–Kier alpha value is -1.97. The number of anilines is 1. The summed E-state index contributed by atoms with van der Waals surface area (Å²) in [5.41, 5.74) is 7.96. The third kappa shape index (κ3) is 3.50. The highest BCUT2D eigenvalue weighted by Gasteiger charge is 2.08. The van der Waals surface area contributed by atoms with Gasteiger partial charge in [0.25, 0.3) is 5.91 Å². The van der Waals surface area contributed by atoms with Crippen molar-refractivity contribution in [2.75, 3.05) is 12.3 Å². The van der Waals surface area contributed by atoms with Crippen molar-refractivity contribution in [2.45, 2.75) is 32.6 Å². The van der Waals surface area contributed by atoms with Crippen LogP contribution in [0.3, 0.4) is 0 Å². The molecule has 19 heavy (non-hydrogen) atoms. The maximum Gasteiger partial charge on any atom is 0.267 e. The second kappa shape index (κ2) is 6.27. The number of nitrogen functional groups attached to an aromatic ring is 1. The van der Waals surface area contributed by atoms with E-state index >= 15 is 0 Å². The average molecular weight is 259 g/mol. The van der Waals surface area contributed by atoms with E-state index in [1.165, 1.54) is 19.3 Å². The Morgan fingerprint density at radius 2 is 2.11 bits per heavy atom. The number of nitrogens with two attached hydrogens (primary N) is 1. The van der Waals surface area contributed by atoms with Gasteiger partial charge in [-0.15, -0.1) is 0 Å². The number of H-pyrrole nitrogens is 1. The maximum atomic E-state index is 12.0. The van der Waals surface area contributed by atoms with E-state index in [4.69, 9.17) is 5.73 Å². The van der Waals surface area contributed by atoms with Gasteiger partial charge in [-0.1, -0.05) is 26.2 Å². The molecule has 0 radical (unpaired) electrons. The van der Waals surface area contributed by atoms with Gasteiger partial charge in [0.1, 0.15) is 5.69 Å². The van der Waals surface area contributed by atoms with Crippen molar-refractivity contribution in [2.24, 2.45) is 0 Å². The van der Waals surface area contributed by atoms with Crippen molar-refractivity contribution >= 4 is 22.5 Å². The number of unbranched alkanes of at least 4 members (excludes halogenated alkanes) is 3. The number of carbonyl (C=O) groups is 1. The highest BCUT2D eigenvalue weighted by molar-refractivity contribution is 5.98. The second-order valence-corrected chi connectivity index (χ2v) is 4.85. The zero-order chi connectivity index (χ0) is 13.7. The van der Waals surface area contributed by atoms with Crippen LogP contribution in [0.4, 0.5) is 5.69 Å². The summed E-state index contributed by atoms with van der Waals surface area (Å²) in [5.74, 6) is -0.0498. The molecule has 0 saturated heterocycles. The number of nitrogens with one attached hydrogen (secondary N) is 2. The third-order valence-corrected chi connectivity index (χ3v) is 3.21. The summed E-state index contributed by atoms with van der Waals surface area (Å²) in [6.45, 7) is 2.91. The lowest BCUT2D eigenvalue weighted by Crippen LogP contribution is -2.24. The summed E-state index contributed by atoms with van der Waals surface area (Å²) < 4.78 is 0. The molecular formula is C15H21N3O. The van der Waals surface area contributed by atoms with E-state index in [-0.39, 0.29) is 5.91 Å². The molecule has 0 unspecified atom stereocenters. The van der Waals surface area contributed by atoms with Crippen LogP contribution in [0, 0.1) is 0 Å². The maximum absolute atomic E-state index is 12.0. The van der Waals surface area contributed by atoms with Crippen molar-refractivity contribution in [3.8, 4) is 0 Å². The van der Waals surface area contributed by atoms with Crippen LogP contribution in [0.15, 0.2) is 24.3 Å². The summed E-state index contributed by atoms with van der Waals surface area (Å²) in [6, 6.07) is 7.42. The predicted molar refractivity (Wildman–Crippen MR) is 79.2 cm³/mol. The molecule has 4 heteroatoms. The SMILES string of the molecule is CCCCCCNC(=O)c1cc2cc(N)ccc2[nH]1. The minimum absolute atomic E-state index is 0.0498. The fourth-order valence-corrected chi connectivity index (χ4v) is 2.12. The fraction of sp³-hybridized carbons (Fsp3) is 0.400. The molecule has 4 nitrogen and oxygen atoms in total. The molecule has 1 aromatic heterocycles. The van der Waals surface area contributed by atoms with Crippen LogP contribution in [0.5, 0.6) is 0 Å². The van der Waals surface area contributed by atoms with Gasteiger partial charge in [-0.2, -0.15) is 0 Å². The molecule has 0 aliphatic carbocycles. The summed E-state index contributed by atoms with van der Waals surface area (Å²) in [4.78, 5) is 15.1. The van der Waals surface area contributed by atoms with Gasteiger partial charge in [0.2, 0.25) is 0 Å². The van der Waals surface area contributed by atoms with Gasteiger partial charge >= 0.3 is 0 Å². The first-order chi connectivity index (χ1) is 9.20. The van der Waals surface area contributed by atoms with E-state index in [1.807, 2.05) is 24.3 Å². The molecule has 0 fully saturated rings. The minimum atomic E-state index is -0.0498. The molecule has 0 atom stereocenters. The van der Waals surface area contributed by atoms with E-state index in [0.717, 1.165) is 23.9 Å². The van der Waals surface area contributed by atoms with Crippen LogP contribution in [0.2, 0.25) is 0 Å². The lowest BCUT2D eigenvalue weighted by atomic mass is 10.2. The predicted octanol–water partition coefficient (Wildman–Crippen LogP) is 3.06.